The Kier molecular flexibility index (Phi) is 5.32. The second-order valence-electron chi connectivity index (χ2n) is 9.82. The number of fused-ring (bicyclic) bond motifs is 5. The highest BCUT2D eigenvalue weighted by molar-refractivity contribution is 6.01. The first-order valence-corrected chi connectivity index (χ1v) is 12.4. The SMILES string of the molecule is COc1ccc([C@H]2CN3C(=O)CN(CCc4ccccc4)C(=O)[C@]3(C)c3[nH]c4ccccc4c32)cc1. The summed E-state index contributed by atoms with van der Waals surface area (Å²) in [6.45, 7) is 2.97. The zero-order chi connectivity index (χ0) is 24.9. The van der Waals surface area contributed by atoms with Gasteiger partial charge in [-0.1, -0.05) is 60.7 Å². The van der Waals surface area contributed by atoms with E-state index in [1.54, 1.807) is 16.9 Å². The van der Waals surface area contributed by atoms with Crippen molar-refractivity contribution in [2.45, 2.75) is 24.8 Å². The molecule has 2 aliphatic rings. The number of nitrogens with one attached hydrogen (secondary N) is 1. The molecular weight excluding hydrogens is 450 g/mol. The average molecular weight is 480 g/mol. The summed E-state index contributed by atoms with van der Waals surface area (Å²) in [5.74, 6) is 0.687. The van der Waals surface area contributed by atoms with Crippen molar-refractivity contribution in [3.63, 3.8) is 0 Å². The number of ether oxygens (including phenoxy) is 1. The summed E-state index contributed by atoms with van der Waals surface area (Å²) in [5.41, 5.74) is 4.06. The molecule has 0 saturated carbocycles. The lowest BCUT2D eigenvalue weighted by Gasteiger charge is -2.51. The summed E-state index contributed by atoms with van der Waals surface area (Å²) >= 11 is 0. The maximum atomic E-state index is 14.1. The predicted octanol–water partition coefficient (Wildman–Crippen LogP) is 4.45. The Labute approximate surface area is 210 Å². The Hall–Kier alpha value is -4.06. The molecule has 6 rings (SSSR count). The highest BCUT2D eigenvalue weighted by Gasteiger charge is 2.56. The lowest BCUT2D eigenvalue weighted by molar-refractivity contribution is -0.166. The van der Waals surface area contributed by atoms with Gasteiger partial charge in [-0.05, 0) is 48.2 Å². The Bertz CT molecular complexity index is 1440. The number of carbonyl (C=O) groups is 2. The molecule has 1 fully saturated rings. The molecule has 0 spiro atoms. The maximum Gasteiger partial charge on any atom is 0.254 e. The zero-order valence-corrected chi connectivity index (χ0v) is 20.5. The molecule has 36 heavy (non-hydrogen) atoms. The number of H-pyrrole nitrogens is 1. The summed E-state index contributed by atoms with van der Waals surface area (Å²) in [7, 11) is 1.65. The van der Waals surface area contributed by atoms with Crippen molar-refractivity contribution in [2.75, 3.05) is 26.7 Å². The number of methoxy groups -OCH3 is 1. The van der Waals surface area contributed by atoms with Crippen LogP contribution in [0.4, 0.5) is 0 Å². The maximum absolute atomic E-state index is 14.1. The van der Waals surface area contributed by atoms with Crippen molar-refractivity contribution >= 4 is 22.7 Å². The first-order chi connectivity index (χ1) is 17.5. The fraction of sp³-hybridized carbons (Fsp3) is 0.267. The van der Waals surface area contributed by atoms with Gasteiger partial charge in [0.15, 0.2) is 5.54 Å². The van der Waals surface area contributed by atoms with Crippen molar-refractivity contribution in [3.8, 4) is 5.75 Å². The number of hydrogen-bond donors (Lipinski definition) is 1. The van der Waals surface area contributed by atoms with Crippen molar-refractivity contribution in [3.05, 3.63) is 101 Å². The van der Waals surface area contributed by atoms with Gasteiger partial charge in [0.25, 0.3) is 5.91 Å². The van der Waals surface area contributed by atoms with Crippen LogP contribution in [0.5, 0.6) is 5.75 Å². The minimum absolute atomic E-state index is 0.0204. The van der Waals surface area contributed by atoms with Gasteiger partial charge in [-0.3, -0.25) is 9.59 Å². The van der Waals surface area contributed by atoms with Gasteiger partial charge in [0.1, 0.15) is 5.75 Å². The van der Waals surface area contributed by atoms with E-state index in [0.717, 1.165) is 39.0 Å². The van der Waals surface area contributed by atoms with Gasteiger partial charge in [-0.2, -0.15) is 0 Å². The van der Waals surface area contributed by atoms with Crippen molar-refractivity contribution in [1.29, 1.82) is 0 Å². The molecule has 1 N–H and O–H groups in total. The van der Waals surface area contributed by atoms with Crippen LogP contribution in [0, 0.1) is 0 Å². The molecule has 0 bridgehead atoms. The molecule has 2 aliphatic heterocycles. The number of amides is 2. The summed E-state index contributed by atoms with van der Waals surface area (Å²) in [6, 6.07) is 26.3. The van der Waals surface area contributed by atoms with Crippen LogP contribution in [0.3, 0.4) is 0 Å². The zero-order valence-electron chi connectivity index (χ0n) is 20.5. The third kappa shape index (κ3) is 3.40. The van der Waals surface area contributed by atoms with Crippen molar-refractivity contribution in [1.82, 2.24) is 14.8 Å². The summed E-state index contributed by atoms with van der Waals surface area (Å²) in [5, 5.41) is 1.09. The summed E-state index contributed by atoms with van der Waals surface area (Å²) in [6.07, 6.45) is 0.712. The third-order valence-corrected chi connectivity index (χ3v) is 7.85. The van der Waals surface area contributed by atoms with Gasteiger partial charge >= 0.3 is 0 Å². The highest BCUT2D eigenvalue weighted by Crippen LogP contribution is 2.48. The fourth-order valence-electron chi connectivity index (χ4n) is 5.90. The van der Waals surface area contributed by atoms with E-state index < -0.39 is 5.54 Å². The van der Waals surface area contributed by atoms with Gasteiger partial charge in [-0.25, -0.2) is 0 Å². The van der Waals surface area contributed by atoms with E-state index in [1.807, 2.05) is 55.5 Å². The Balaban J connectivity index is 1.44. The number of hydrogen-bond acceptors (Lipinski definition) is 3. The van der Waals surface area contributed by atoms with Crippen LogP contribution in [0.25, 0.3) is 10.9 Å². The molecule has 6 heteroatoms. The average Bonchev–Trinajstić information content (AvgIpc) is 3.32. The number of piperazine rings is 1. The minimum atomic E-state index is -1.08. The molecule has 2 atom stereocenters. The van der Waals surface area contributed by atoms with E-state index in [9.17, 15) is 9.59 Å². The van der Waals surface area contributed by atoms with Gasteiger partial charge in [-0.15, -0.1) is 0 Å². The topological polar surface area (TPSA) is 65.6 Å². The lowest BCUT2D eigenvalue weighted by Crippen LogP contribution is -2.67. The molecule has 0 radical (unpaired) electrons. The number of carbonyl (C=O) groups excluding carboxylic acids is 2. The van der Waals surface area contributed by atoms with Gasteiger partial charge < -0.3 is 19.5 Å². The molecule has 6 nitrogen and oxygen atoms in total. The van der Waals surface area contributed by atoms with Crippen LogP contribution in [-0.2, 0) is 21.5 Å². The molecular formula is C30H29N3O3. The molecule has 1 saturated heterocycles. The van der Waals surface area contributed by atoms with E-state index in [1.165, 1.54) is 0 Å². The Morgan fingerprint density at radius 1 is 0.972 bits per heavy atom. The minimum Gasteiger partial charge on any atom is -0.497 e. The van der Waals surface area contributed by atoms with E-state index >= 15 is 0 Å². The van der Waals surface area contributed by atoms with Gasteiger partial charge in [0.2, 0.25) is 5.91 Å². The van der Waals surface area contributed by atoms with Crippen LogP contribution in [0.15, 0.2) is 78.9 Å². The number of para-hydroxylation sites is 1. The summed E-state index contributed by atoms with van der Waals surface area (Å²) in [4.78, 5) is 34.8. The smallest absolute Gasteiger partial charge is 0.254 e. The molecule has 0 aliphatic carbocycles. The Morgan fingerprint density at radius 3 is 2.44 bits per heavy atom. The number of rotatable bonds is 5. The predicted molar refractivity (Wildman–Crippen MR) is 139 cm³/mol. The van der Waals surface area contributed by atoms with E-state index in [4.69, 9.17) is 4.74 Å². The van der Waals surface area contributed by atoms with Crippen LogP contribution in [0.2, 0.25) is 0 Å². The fourth-order valence-corrected chi connectivity index (χ4v) is 5.90. The highest BCUT2D eigenvalue weighted by atomic mass is 16.5. The summed E-state index contributed by atoms with van der Waals surface area (Å²) < 4.78 is 5.36. The third-order valence-electron chi connectivity index (χ3n) is 7.85. The van der Waals surface area contributed by atoms with Crippen molar-refractivity contribution in [2.24, 2.45) is 0 Å². The second-order valence-corrected chi connectivity index (χ2v) is 9.82. The first kappa shape index (κ1) is 22.4. The largest absolute Gasteiger partial charge is 0.497 e. The number of benzene rings is 3. The number of aromatic nitrogens is 1. The second kappa shape index (κ2) is 8.55. The van der Waals surface area contributed by atoms with Crippen LogP contribution in [0.1, 0.15) is 35.2 Å². The first-order valence-electron chi connectivity index (χ1n) is 12.4. The van der Waals surface area contributed by atoms with Crippen molar-refractivity contribution < 1.29 is 14.3 Å². The van der Waals surface area contributed by atoms with Crippen LogP contribution < -0.4 is 4.74 Å². The molecule has 0 unspecified atom stereocenters. The van der Waals surface area contributed by atoms with Crippen LogP contribution in [-0.4, -0.2) is 53.3 Å². The Morgan fingerprint density at radius 2 is 1.69 bits per heavy atom. The van der Waals surface area contributed by atoms with Gasteiger partial charge in [0, 0.05) is 29.9 Å². The van der Waals surface area contributed by atoms with Gasteiger partial charge in [0.05, 0.1) is 19.3 Å². The van der Waals surface area contributed by atoms with Crippen LogP contribution >= 0.6 is 0 Å². The standard InChI is InChI=1S/C30H29N3O3/c1-30-28-27(23-10-6-7-11-25(23)31-28)24(21-12-14-22(36-2)15-13-21)18-33(30)26(34)19-32(29(30)35)17-16-20-8-4-3-5-9-20/h3-15,24,31H,16-19H2,1-2H3/t24-,30+/m1/s1. The molecule has 4 aromatic rings. The molecule has 1 aromatic heterocycles. The molecule has 3 aromatic carbocycles. The van der Waals surface area contributed by atoms with E-state index in [0.29, 0.717) is 19.5 Å². The number of aromatic amines is 1. The molecule has 182 valence electrons. The van der Waals surface area contributed by atoms with E-state index in [2.05, 4.69) is 35.3 Å². The number of nitrogens with zero attached hydrogens (tertiary/aromatic N) is 2. The normalized spacial score (nSPS) is 21.4. The van der Waals surface area contributed by atoms with E-state index in [-0.39, 0.29) is 24.3 Å². The quantitative estimate of drug-likeness (QED) is 0.460. The monoisotopic (exact) mass is 479 g/mol. The lowest BCUT2D eigenvalue weighted by atomic mass is 9.76. The molecule has 3 heterocycles. The molecule has 2 amide bonds.